The fourth-order valence-electron chi connectivity index (χ4n) is 4.26. The van der Waals surface area contributed by atoms with Crippen molar-refractivity contribution < 1.29 is 9.53 Å². The van der Waals surface area contributed by atoms with Crippen molar-refractivity contribution in [3.05, 3.63) is 64.8 Å². The van der Waals surface area contributed by atoms with Crippen LogP contribution < -0.4 is 15.4 Å². The first-order valence-corrected chi connectivity index (χ1v) is 11.2. The molecule has 0 saturated carbocycles. The second-order valence-corrected chi connectivity index (χ2v) is 9.10. The monoisotopic (exact) mass is 433 g/mol. The zero-order valence-corrected chi connectivity index (χ0v) is 18.2. The van der Waals surface area contributed by atoms with Crippen LogP contribution in [0.4, 0.5) is 5.13 Å². The van der Waals surface area contributed by atoms with Crippen LogP contribution >= 0.6 is 11.3 Å². The first kappa shape index (κ1) is 19.8. The summed E-state index contributed by atoms with van der Waals surface area (Å²) in [5, 5.41) is 14.5. The van der Waals surface area contributed by atoms with E-state index in [4.69, 9.17) is 9.72 Å². The summed E-state index contributed by atoms with van der Waals surface area (Å²) in [5.74, 6) is 0.962. The van der Waals surface area contributed by atoms with Crippen molar-refractivity contribution in [2.75, 3.05) is 18.4 Å². The molecule has 0 unspecified atom stereocenters. The minimum Gasteiger partial charge on any atom is -0.438 e. The molecule has 158 valence electrons. The van der Waals surface area contributed by atoms with Gasteiger partial charge in [0.25, 0.3) is 0 Å². The van der Waals surface area contributed by atoms with E-state index in [0.29, 0.717) is 11.0 Å². The highest BCUT2D eigenvalue weighted by Gasteiger charge is 2.44. The van der Waals surface area contributed by atoms with Gasteiger partial charge >= 0.3 is 0 Å². The zero-order valence-electron chi connectivity index (χ0n) is 17.4. The van der Waals surface area contributed by atoms with Crippen LogP contribution in [0.5, 0.6) is 11.6 Å². The number of carbonyl (C=O) groups excluding carboxylic acids is 1. The van der Waals surface area contributed by atoms with E-state index < -0.39 is 5.41 Å². The first-order valence-electron chi connectivity index (χ1n) is 10.3. The van der Waals surface area contributed by atoms with E-state index in [-0.39, 0.29) is 11.8 Å². The number of benzene rings is 1. The van der Waals surface area contributed by atoms with E-state index in [9.17, 15) is 4.79 Å². The molecule has 1 aromatic carbocycles. The van der Waals surface area contributed by atoms with Crippen molar-refractivity contribution in [1.29, 1.82) is 0 Å². The SMILES string of the molecule is CC(C)(C(=O)Nc1nncs1)[C@H]1c2ccccc2Oc2nc(C3=CCNCC3)ccc21. The van der Waals surface area contributed by atoms with Crippen LogP contribution in [-0.2, 0) is 4.79 Å². The molecule has 4 heterocycles. The van der Waals surface area contributed by atoms with E-state index >= 15 is 0 Å². The number of hydrogen-bond donors (Lipinski definition) is 2. The smallest absolute Gasteiger partial charge is 0.232 e. The second kappa shape index (κ2) is 7.86. The van der Waals surface area contributed by atoms with Crippen LogP contribution in [0.15, 0.2) is 48.0 Å². The summed E-state index contributed by atoms with van der Waals surface area (Å²) in [5.41, 5.74) is 4.85. The van der Waals surface area contributed by atoms with Crippen LogP contribution in [0.3, 0.4) is 0 Å². The Labute approximate surface area is 184 Å². The molecular formula is C23H23N5O2S. The maximum absolute atomic E-state index is 13.3. The number of aromatic nitrogens is 3. The van der Waals surface area contributed by atoms with Crippen LogP contribution in [0.2, 0.25) is 0 Å². The molecule has 1 amide bonds. The largest absolute Gasteiger partial charge is 0.438 e. The molecule has 0 bridgehead atoms. The third-order valence-corrected chi connectivity index (χ3v) is 6.52. The molecule has 2 aliphatic heterocycles. The number of para-hydroxylation sites is 1. The average molecular weight is 434 g/mol. The summed E-state index contributed by atoms with van der Waals surface area (Å²) in [6, 6.07) is 12.0. The standard InChI is InChI=1S/C23H23N5O2S/c1-23(2,21(29)27-22-28-25-13-31-22)19-15-5-3-4-6-18(15)30-20-16(19)7-8-17(26-20)14-9-11-24-12-10-14/h3-9,13,19,24H,10-12H2,1-2H3,(H,27,28,29)/t19-/m0/s1. The Bertz CT molecular complexity index is 1160. The highest BCUT2D eigenvalue weighted by molar-refractivity contribution is 7.13. The molecule has 0 radical (unpaired) electrons. The van der Waals surface area contributed by atoms with Crippen molar-refractivity contribution >= 4 is 27.9 Å². The van der Waals surface area contributed by atoms with Gasteiger partial charge in [0.05, 0.1) is 11.1 Å². The van der Waals surface area contributed by atoms with E-state index in [0.717, 1.165) is 42.1 Å². The van der Waals surface area contributed by atoms with Gasteiger partial charge in [0, 0.05) is 23.6 Å². The van der Waals surface area contributed by atoms with Gasteiger partial charge in [-0.05, 0) is 30.7 Å². The van der Waals surface area contributed by atoms with E-state index in [1.54, 1.807) is 5.51 Å². The molecule has 0 fully saturated rings. The third kappa shape index (κ3) is 3.62. The third-order valence-electron chi connectivity index (χ3n) is 5.92. The molecule has 3 aromatic rings. The first-order chi connectivity index (χ1) is 15.0. The fourth-order valence-corrected chi connectivity index (χ4v) is 4.70. The van der Waals surface area contributed by atoms with Crippen molar-refractivity contribution in [1.82, 2.24) is 20.5 Å². The number of rotatable bonds is 4. The maximum Gasteiger partial charge on any atom is 0.232 e. The molecule has 2 N–H and O–H groups in total. The Kier molecular flexibility index (Phi) is 5.03. The normalized spacial score (nSPS) is 17.7. The topological polar surface area (TPSA) is 89.0 Å². The van der Waals surface area contributed by atoms with Crippen LogP contribution in [0, 0.1) is 5.41 Å². The highest BCUT2D eigenvalue weighted by atomic mass is 32.1. The molecule has 2 aromatic heterocycles. The van der Waals surface area contributed by atoms with Gasteiger partial charge in [-0.1, -0.05) is 55.5 Å². The van der Waals surface area contributed by atoms with E-state index in [1.165, 1.54) is 16.9 Å². The minimum absolute atomic E-state index is 0.123. The van der Waals surface area contributed by atoms with Crippen LogP contribution in [0.25, 0.3) is 5.57 Å². The molecule has 2 aliphatic rings. The van der Waals surface area contributed by atoms with Crippen LogP contribution in [-0.4, -0.2) is 34.2 Å². The lowest BCUT2D eigenvalue weighted by atomic mass is 9.69. The van der Waals surface area contributed by atoms with Crippen molar-refractivity contribution in [2.45, 2.75) is 26.2 Å². The Morgan fingerprint density at radius 3 is 2.87 bits per heavy atom. The number of ether oxygens (including phenoxy) is 1. The predicted octanol–water partition coefficient (Wildman–Crippen LogP) is 4.21. The van der Waals surface area contributed by atoms with Gasteiger partial charge in [0.15, 0.2) is 0 Å². The van der Waals surface area contributed by atoms with Crippen molar-refractivity contribution in [3.63, 3.8) is 0 Å². The lowest BCUT2D eigenvalue weighted by Crippen LogP contribution is -2.38. The lowest BCUT2D eigenvalue weighted by molar-refractivity contribution is -0.124. The van der Waals surface area contributed by atoms with Gasteiger partial charge in [-0.25, -0.2) is 4.98 Å². The molecule has 0 saturated heterocycles. The summed E-state index contributed by atoms with van der Waals surface area (Å²) in [7, 11) is 0. The van der Waals surface area contributed by atoms with Gasteiger partial charge < -0.3 is 15.4 Å². The maximum atomic E-state index is 13.3. The number of pyridine rings is 1. The van der Waals surface area contributed by atoms with Crippen molar-refractivity contribution in [3.8, 4) is 11.6 Å². The molecular weight excluding hydrogens is 410 g/mol. The Morgan fingerprint density at radius 2 is 2.10 bits per heavy atom. The molecule has 7 nitrogen and oxygen atoms in total. The van der Waals surface area contributed by atoms with Crippen LogP contribution in [0.1, 0.15) is 43.0 Å². The lowest BCUT2D eigenvalue weighted by Gasteiger charge is -2.37. The number of anilines is 1. The fraction of sp³-hybridized carbons (Fsp3) is 0.304. The van der Waals surface area contributed by atoms with Gasteiger partial charge in [0.2, 0.25) is 16.9 Å². The Balaban J connectivity index is 1.57. The highest BCUT2D eigenvalue weighted by Crippen LogP contribution is 2.51. The number of carbonyl (C=O) groups is 1. The summed E-state index contributed by atoms with van der Waals surface area (Å²) in [6.07, 6.45) is 3.10. The van der Waals surface area contributed by atoms with Gasteiger partial charge in [-0.15, -0.1) is 10.2 Å². The summed E-state index contributed by atoms with van der Waals surface area (Å²) in [4.78, 5) is 18.2. The molecule has 5 rings (SSSR count). The predicted molar refractivity (Wildman–Crippen MR) is 120 cm³/mol. The average Bonchev–Trinajstić information content (AvgIpc) is 3.30. The number of fused-ring (bicyclic) bond motifs is 2. The molecule has 1 atom stereocenters. The molecule has 0 aliphatic carbocycles. The summed E-state index contributed by atoms with van der Waals surface area (Å²) in [6.45, 7) is 5.68. The summed E-state index contributed by atoms with van der Waals surface area (Å²) < 4.78 is 6.21. The zero-order chi connectivity index (χ0) is 21.4. The Hall–Kier alpha value is -3.10. The van der Waals surface area contributed by atoms with Gasteiger partial charge in [-0.2, -0.15) is 0 Å². The molecule has 8 heteroatoms. The Morgan fingerprint density at radius 1 is 1.23 bits per heavy atom. The second-order valence-electron chi connectivity index (χ2n) is 8.27. The number of nitrogens with one attached hydrogen (secondary N) is 2. The van der Waals surface area contributed by atoms with Gasteiger partial charge in [0.1, 0.15) is 11.3 Å². The summed E-state index contributed by atoms with van der Waals surface area (Å²) >= 11 is 1.30. The van der Waals surface area contributed by atoms with E-state index in [2.05, 4.69) is 33.0 Å². The minimum atomic E-state index is -0.780. The number of nitrogens with zero attached hydrogens (tertiary/aromatic N) is 3. The van der Waals surface area contributed by atoms with Crippen molar-refractivity contribution in [2.24, 2.45) is 5.41 Å². The molecule has 31 heavy (non-hydrogen) atoms. The molecule has 0 spiro atoms. The van der Waals surface area contributed by atoms with E-state index in [1.807, 2.05) is 44.2 Å². The number of amides is 1. The number of hydrogen-bond acceptors (Lipinski definition) is 7. The van der Waals surface area contributed by atoms with Gasteiger partial charge in [-0.3, -0.25) is 4.79 Å². The quantitative estimate of drug-likeness (QED) is 0.641.